The number of aromatic nitrogens is 2. The minimum absolute atomic E-state index is 0.0136. The van der Waals surface area contributed by atoms with E-state index in [1.165, 1.54) is 0 Å². The van der Waals surface area contributed by atoms with Crippen LogP contribution in [0, 0.1) is 5.82 Å². The molecule has 1 fully saturated rings. The topological polar surface area (TPSA) is 67.3 Å². The molecule has 1 aliphatic rings. The monoisotopic (exact) mass is 247 g/mol. The van der Waals surface area contributed by atoms with Gasteiger partial charge in [-0.1, -0.05) is 0 Å². The summed E-state index contributed by atoms with van der Waals surface area (Å²) in [5.41, 5.74) is -0.968. The van der Waals surface area contributed by atoms with E-state index in [0.717, 1.165) is 6.20 Å². The molecule has 88 valence electrons. The van der Waals surface area contributed by atoms with E-state index in [-0.39, 0.29) is 24.3 Å². The van der Waals surface area contributed by atoms with Crippen LogP contribution in [0.15, 0.2) is 6.20 Å². The zero-order valence-electron chi connectivity index (χ0n) is 8.41. The highest BCUT2D eigenvalue weighted by atomic mass is 35.5. The molecule has 0 aromatic carbocycles. The van der Waals surface area contributed by atoms with Crippen molar-refractivity contribution < 1.29 is 14.2 Å². The molecule has 7 heteroatoms. The molecule has 5 nitrogen and oxygen atoms in total. The quantitative estimate of drug-likeness (QED) is 0.775. The molecule has 0 spiro atoms. The fourth-order valence-corrected chi connectivity index (χ4v) is 1.59. The molecule has 1 saturated heterocycles. The number of anilines is 1. The van der Waals surface area contributed by atoms with E-state index in [2.05, 4.69) is 15.3 Å². The van der Waals surface area contributed by atoms with Crippen LogP contribution in [0.4, 0.5) is 10.2 Å². The van der Waals surface area contributed by atoms with Crippen molar-refractivity contribution in [2.24, 2.45) is 0 Å². The van der Waals surface area contributed by atoms with Crippen LogP contribution in [-0.4, -0.2) is 40.4 Å². The standard InChI is InChI=1S/C9H11ClFN3O2/c10-8-12-3-6(11)7(14-8)13-4-9(15)1-2-16-5-9/h3,15H,1-2,4-5H2,(H,12,13,14). The van der Waals surface area contributed by atoms with E-state index in [4.69, 9.17) is 16.3 Å². The first-order valence-corrected chi connectivity index (χ1v) is 5.19. The summed E-state index contributed by atoms with van der Waals surface area (Å²) in [5, 5.41) is 12.6. The van der Waals surface area contributed by atoms with E-state index in [1.54, 1.807) is 0 Å². The average Bonchev–Trinajstić information content (AvgIpc) is 2.67. The summed E-state index contributed by atoms with van der Waals surface area (Å²) in [6.07, 6.45) is 1.49. The second-order valence-corrected chi connectivity index (χ2v) is 4.05. The van der Waals surface area contributed by atoms with E-state index in [0.29, 0.717) is 13.0 Å². The van der Waals surface area contributed by atoms with Crippen LogP contribution in [0.3, 0.4) is 0 Å². The first-order valence-electron chi connectivity index (χ1n) is 4.81. The lowest BCUT2D eigenvalue weighted by Gasteiger charge is -2.20. The maximum atomic E-state index is 13.2. The molecule has 2 rings (SSSR count). The molecule has 0 radical (unpaired) electrons. The number of halogens is 2. The van der Waals surface area contributed by atoms with Gasteiger partial charge in [0.15, 0.2) is 11.6 Å². The van der Waals surface area contributed by atoms with Gasteiger partial charge in [-0.3, -0.25) is 0 Å². The van der Waals surface area contributed by atoms with Gasteiger partial charge in [-0.05, 0) is 11.6 Å². The largest absolute Gasteiger partial charge is 0.386 e. The van der Waals surface area contributed by atoms with E-state index in [1.807, 2.05) is 0 Å². The van der Waals surface area contributed by atoms with Crippen molar-refractivity contribution in [2.45, 2.75) is 12.0 Å². The molecule has 1 aliphatic heterocycles. The first-order chi connectivity index (χ1) is 7.59. The van der Waals surface area contributed by atoms with Gasteiger partial charge in [0.1, 0.15) is 5.60 Å². The molecule has 0 saturated carbocycles. The zero-order chi connectivity index (χ0) is 11.6. The second-order valence-electron chi connectivity index (χ2n) is 3.72. The van der Waals surface area contributed by atoms with Crippen LogP contribution >= 0.6 is 11.6 Å². The van der Waals surface area contributed by atoms with E-state index >= 15 is 0 Å². The van der Waals surface area contributed by atoms with Gasteiger partial charge in [-0.25, -0.2) is 9.37 Å². The Balaban J connectivity index is 2.01. The molecule has 0 amide bonds. The fraction of sp³-hybridized carbons (Fsp3) is 0.556. The fourth-order valence-electron chi connectivity index (χ4n) is 1.45. The summed E-state index contributed by atoms with van der Waals surface area (Å²) >= 11 is 5.53. The van der Waals surface area contributed by atoms with Crippen LogP contribution in [0.5, 0.6) is 0 Å². The Labute approximate surface area is 96.6 Å². The Bertz CT molecular complexity index is 385. The highest BCUT2D eigenvalue weighted by Gasteiger charge is 2.32. The van der Waals surface area contributed by atoms with Gasteiger partial charge in [-0.2, -0.15) is 4.98 Å². The van der Waals surface area contributed by atoms with Gasteiger partial charge < -0.3 is 15.2 Å². The molecule has 1 aromatic heterocycles. The highest BCUT2D eigenvalue weighted by molar-refractivity contribution is 6.28. The third-order valence-electron chi connectivity index (χ3n) is 2.38. The van der Waals surface area contributed by atoms with Gasteiger partial charge in [0.05, 0.1) is 12.8 Å². The van der Waals surface area contributed by atoms with Gasteiger partial charge in [0.25, 0.3) is 0 Å². The average molecular weight is 248 g/mol. The van der Waals surface area contributed by atoms with E-state index < -0.39 is 11.4 Å². The van der Waals surface area contributed by atoms with Crippen molar-refractivity contribution in [1.29, 1.82) is 0 Å². The molecule has 2 heterocycles. The number of ether oxygens (including phenoxy) is 1. The molecule has 0 aliphatic carbocycles. The molecule has 2 N–H and O–H groups in total. The van der Waals surface area contributed by atoms with Crippen LogP contribution in [0.2, 0.25) is 5.28 Å². The van der Waals surface area contributed by atoms with Gasteiger partial charge in [0.2, 0.25) is 5.28 Å². The maximum absolute atomic E-state index is 13.2. The van der Waals surface area contributed by atoms with Crippen LogP contribution in [0.25, 0.3) is 0 Å². The number of nitrogens with one attached hydrogen (secondary N) is 1. The molecule has 0 bridgehead atoms. The Morgan fingerprint density at radius 1 is 1.69 bits per heavy atom. The minimum Gasteiger partial charge on any atom is -0.386 e. The third-order valence-corrected chi connectivity index (χ3v) is 2.56. The van der Waals surface area contributed by atoms with Crippen molar-refractivity contribution in [2.75, 3.05) is 25.1 Å². The highest BCUT2D eigenvalue weighted by Crippen LogP contribution is 2.20. The summed E-state index contributed by atoms with van der Waals surface area (Å²) < 4.78 is 18.3. The SMILES string of the molecule is OC1(CNc2nc(Cl)ncc2F)CCOC1. The number of rotatable bonds is 3. The van der Waals surface area contributed by atoms with Crippen molar-refractivity contribution in [3.8, 4) is 0 Å². The number of hydrogen-bond acceptors (Lipinski definition) is 5. The van der Waals surface area contributed by atoms with Gasteiger partial charge in [0, 0.05) is 19.6 Å². The molecule has 1 unspecified atom stereocenters. The second kappa shape index (κ2) is 4.48. The van der Waals surface area contributed by atoms with Crippen LogP contribution in [-0.2, 0) is 4.74 Å². The lowest BCUT2D eigenvalue weighted by atomic mass is 10.0. The minimum atomic E-state index is -0.968. The van der Waals surface area contributed by atoms with Crippen molar-refractivity contribution in [3.63, 3.8) is 0 Å². The number of hydrogen-bond donors (Lipinski definition) is 2. The summed E-state index contributed by atoms with van der Waals surface area (Å²) in [7, 11) is 0. The third kappa shape index (κ3) is 2.58. The maximum Gasteiger partial charge on any atom is 0.224 e. The Morgan fingerprint density at radius 3 is 3.19 bits per heavy atom. The van der Waals surface area contributed by atoms with Crippen molar-refractivity contribution >= 4 is 17.4 Å². The molecule has 16 heavy (non-hydrogen) atoms. The van der Waals surface area contributed by atoms with E-state index in [9.17, 15) is 9.50 Å². The van der Waals surface area contributed by atoms with Crippen LogP contribution in [0.1, 0.15) is 6.42 Å². The summed E-state index contributed by atoms with van der Waals surface area (Å²) in [6, 6.07) is 0. The first kappa shape index (κ1) is 11.5. The summed E-state index contributed by atoms with van der Waals surface area (Å²) in [5.74, 6) is -0.618. The van der Waals surface area contributed by atoms with Gasteiger partial charge in [-0.15, -0.1) is 0 Å². The predicted octanol–water partition coefficient (Wildman–Crippen LogP) is 0.832. The zero-order valence-corrected chi connectivity index (χ0v) is 9.17. The van der Waals surface area contributed by atoms with Crippen LogP contribution < -0.4 is 5.32 Å². The summed E-state index contributed by atoms with van der Waals surface area (Å²) in [6.45, 7) is 0.906. The molecular weight excluding hydrogens is 237 g/mol. The molecule has 1 atom stereocenters. The molecular formula is C9H11ClFN3O2. The van der Waals surface area contributed by atoms with Gasteiger partial charge >= 0.3 is 0 Å². The Kier molecular flexibility index (Phi) is 3.22. The molecule has 1 aromatic rings. The van der Waals surface area contributed by atoms with Crippen molar-refractivity contribution in [3.05, 3.63) is 17.3 Å². The Hall–Kier alpha value is -0.980. The predicted molar refractivity (Wildman–Crippen MR) is 55.9 cm³/mol. The normalized spacial score (nSPS) is 24.7. The lowest BCUT2D eigenvalue weighted by molar-refractivity contribution is 0.0381. The lowest BCUT2D eigenvalue weighted by Crippen LogP contribution is -2.37. The number of aliphatic hydroxyl groups is 1. The summed E-state index contributed by atoms with van der Waals surface area (Å²) in [4.78, 5) is 7.17. The smallest absolute Gasteiger partial charge is 0.224 e. The van der Waals surface area contributed by atoms with Crippen molar-refractivity contribution in [1.82, 2.24) is 9.97 Å². The number of nitrogens with zero attached hydrogens (tertiary/aromatic N) is 2. The Morgan fingerprint density at radius 2 is 2.50 bits per heavy atom.